The molecule has 2 rings (SSSR count). The Kier molecular flexibility index (Phi) is 4.56. The number of hydrogen-bond donors (Lipinski definition) is 2. The van der Waals surface area contributed by atoms with Gasteiger partial charge in [0.25, 0.3) is 5.91 Å². The van der Waals surface area contributed by atoms with Gasteiger partial charge in [0, 0.05) is 13.1 Å². The Labute approximate surface area is 121 Å². The Bertz CT molecular complexity index is 554. The first-order valence-electron chi connectivity index (χ1n) is 6.77. The Morgan fingerprint density at radius 2 is 2.29 bits per heavy atom. The quantitative estimate of drug-likeness (QED) is 0.783. The van der Waals surface area contributed by atoms with Crippen molar-refractivity contribution in [1.82, 2.24) is 14.9 Å². The number of carbonyl (C=O) groups is 3. The number of carboxylic acids is 1. The van der Waals surface area contributed by atoms with Gasteiger partial charge in [0.2, 0.25) is 0 Å². The minimum absolute atomic E-state index is 0.132. The molecule has 1 atom stereocenters. The van der Waals surface area contributed by atoms with Crippen molar-refractivity contribution in [3.05, 3.63) is 17.7 Å². The number of aromatic amines is 1. The smallest absolute Gasteiger partial charge is 0.354 e. The number of imidazole rings is 1. The van der Waals surface area contributed by atoms with Gasteiger partial charge in [-0.25, -0.2) is 9.78 Å². The number of ether oxygens (including phenoxy) is 1. The third-order valence-corrected chi connectivity index (χ3v) is 3.38. The SMILES string of the molecule is CCOC(=O)C1CCCN(C(=O)c2nc[nH]c2C(=O)O)C1. The fraction of sp³-hybridized carbons (Fsp3) is 0.538. The van der Waals surface area contributed by atoms with Crippen molar-refractivity contribution in [2.75, 3.05) is 19.7 Å². The van der Waals surface area contributed by atoms with E-state index < -0.39 is 11.9 Å². The molecule has 1 aliphatic heterocycles. The molecule has 1 fully saturated rings. The second-order valence-corrected chi connectivity index (χ2v) is 4.77. The lowest BCUT2D eigenvalue weighted by atomic mass is 9.98. The van der Waals surface area contributed by atoms with Crippen LogP contribution in [0.4, 0.5) is 0 Å². The Morgan fingerprint density at radius 1 is 1.52 bits per heavy atom. The summed E-state index contributed by atoms with van der Waals surface area (Å²) in [5.74, 6) is -2.41. The molecule has 8 nitrogen and oxygen atoms in total. The van der Waals surface area contributed by atoms with E-state index in [0.29, 0.717) is 26.0 Å². The van der Waals surface area contributed by atoms with Crippen molar-refractivity contribution in [2.24, 2.45) is 5.92 Å². The lowest BCUT2D eigenvalue weighted by Gasteiger charge is -2.31. The molecule has 1 aromatic heterocycles. The third kappa shape index (κ3) is 3.21. The van der Waals surface area contributed by atoms with Crippen molar-refractivity contribution >= 4 is 17.8 Å². The molecule has 0 aromatic carbocycles. The van der Waals surface area contributed by atoms with Gasteiger partial charge in [-0.05, 0) is 19.8 Å². The van der Waals surface area contributed by atoms with Gasteiger partial charge in [0.1, 0.15) is 0 Å². The monoisotopic (exact) mass is 295 g/mol. The predicted octanol–water partition coefficient (Wildman–Crippen LogP) is 0.523. The number of likely N-dealkylation sites (tertiary alicyclic amines) is 1. The number of nitrogens with one attached hydrogen (secondary N) is 1. The van der Waals surface area contributed by atoms with Gasteiger partial charge in [-0.15, -0.1) is 0 Å². The maximum Gasteiger partial charge on any atom is 0.354 e. The summed E-state index contributed by atoms with van der Waals surface area (Å²) in [4.78, 5) is 42.8. The summed E-state index contributed by atoms with van der Waals surface area (Å²) in [5.41, 5.74) is -0.370. The van der Waals surface area contributed by atoms with E-state index in [1.807, 2.05) is 0 Å². The van der Waals surface area contributed by atoms with Crippen LogP contribution < -0.4 is 0 Å². The zero-order valence-electron chi connectivity index (χ0n) is 11.7. The van der Waals surface area contributed by atoms with Gasteiger partial charge < -0.3 is 19.7 Å². The molecular weight excluding hydrogens is 278 g/mol. The zero-order chi connectivity index (χ0) is 15.4. The molecule has 1 saturated heterocycles. The Balaban J connectivity index is 2.10. The summed E-state index contributed by atoms with van der Waals surface area (Å²) in [6.07, 6.45) is 2.50. The first kappa shape index (κ1) is 15.0. The van der Waals surface area contributed by atoms with Crippen LogP contribution in [-0.4, -0.2) is 57.5 Å². The average molecular weight is 295 g/mol. The standard InChI is InChI=1S/C13H17N3O5/c1-2-21-13(20)8-4-3-5-16(6-8)11(17)9-10(12(18)19)15-7-14-9/h7-8H,2-6H2,1H3,(H,14,15)(H,18,19). The van der Waals surface area contributed by atoms with Crippen LogP contribution in [0.15, 0.2) is 6.33 Å². The second kappa shape index (κ2) is 6.38. The number of piperidine rings is 1. The molecule has 1 aromatic rings. The van der Waals surface area contributed by atoms with E-state index in [-0.39, 0.29) is 29.8 Å². The highest BCUT2D eigenvalue weighted by Crippen LogP contribution is 2.20. The third-order valence-electron chi connectivity index (χ3n) is 3.38. The number of hydrogen-bond acceptors (Lipinski definition) is 5. The van der Waals surface area contributed by atoms with E-state index in [2.05, 4.69) is 9.97 Å². The lowest BCUT2D eigenvalue weighted by molar-refractivity contribution is -0.149. The van der Waals surface area contributed by atoms with Crippen LogP contribution in [0.2, 0.25) is 0 Å². The van der Waals surface area contributed by atoms with Gasteiger partial charge in [-0.3, -0.25) is 9.59 Å². The average Bonchev–Trinajstić information content (AvgIpc) is 2.96. The summed E-state index contributed by atoms with van der Waals surface area (Å²) < 4.78 is 4.97. The van der Waals surface area contributed by atoms with Crippen molar-refractivity contribution in [1.29, 1.82) is 0 Å². The molecule has 1 amide bonds. The number of aromatic nitrogens is 2. The summed E-state index contributed by atoms with van der Waals surface area (Å²) in [7, 11) is 0. The van der Waals surface area contributed by atoms with Gasteiger partial charge in [0.05, 0.1) is 18.9 Å². The molecule has 0 aliphatic carbocycles. The van der Waals surface area contributed by atoms with Crippen LogP contribution in [0.3, 0.4) is 0 Å². The number of carboxylic acid groups (broad SMARTS) is 1. The highest BCUT2D eigenvalue weighted by Gasteiger charge is 2.32. The van der Waals surface area contributed by atoms with E-state index in [9.17, 15) is 14.4 Å². The summed E-state index contributed by atoms with van der Waals surface area (Å²) in [6.45, 7) is 2.72. The maximum absolute atomic E-state index is 12.3. The summed E-state index contributed by atoms with van der Waals surface area (Å²) >= 11 is 0. The normalized spacial score (nSPS) is 18.3. The minimum atomic E-state index is -1.24. The molecule has 2 N–H and O–H groups in total. The number of H-pyrrole nitrogens is 1. The largest absolute Gasteiger partial charge is 0.477 e. The first-order chi connectivity index (χ1) is 10.0. The molecule has 114 valence electrons. The highest BCUT2D eigenvalue weighted by atomic mass is 16.5. The molecule has 0 radical (unpaired) electrons. The number of esters is 1. The van der Waals surface area contributed by atoms with Crippen LogP contribution in [0, 0.1) is 5.92 Å². The lowest BCUT2D eigenvalue weighted by Crippen LogP contribution is -2.43. The molecule has 0 bridgehead atoms. The molecule has 2 heterocycles. The van der Waals surface area contributed by atoms with Crippen molar-refractivity contribution in [3.8, 4) is 0 Å². The van der Waals surface area contributed by atoms with Crippen LogP contribution in [0.25, 0.3) is 0 Å². The van der Waals surface area contributed by atoms with E-state index in [1.54, 1.807) is 6.92 Å². The van der Waals surface area contributed by atoms with Gasteiger partial charge in [-0.1, -0.05) is 0 Å². The molecule has 21 heavy (non-hydrogen) atoms. The summed E-state index contributed by atoms with van der Waals surface area (Å²) in [5, 5.41) is 9.00. The zero-order valence-corrected chi connectivity index (χ0v) is 11.7. The van der Waals surface area contributed by atoms with Crippen LogP contribution in [0.1, 0.15) is 40.7 Å². The van der Waals surface area contributed by atoms with Crippen molar-refractivity contribution < 1.29 is 24.2 Å². The number of carbonyl (C=O) groups excluding carboxylic acids is 2. The molecule has 1 aliphatic rings. The highest BCUT2D eigenvalue weighted by molar-refractivity contribution is 6.02. The topological polar surface area (TPSA) is 113 Å². The number of amides is 1. The van der Waals surface area contributed by atoms with Crippen molar-refractivity contribution in [2.45, 2.75) is 19.8 Å². The van der Waals surface area contributed by atoms with E-state index in [4.69, 9.17) is 9.84 Å². The number of aromatic carboxylic acids is 1. The molecule has 0 saturated carbocycles. The van der Waals surface area contributed by atoms with Gasteiger partial charge in [0.15, 0.2) is 11.4 Å². The fourth-order valence-corrected chi connectivity index (χ4v) is 2.38. The minimum Gasteiger partial charge on any atom is -0.477 e. The Hall–Kier alpha value is -2.38. The van der Waals surface area contributed by atoms with Crippen LogP contribution >= 0.6 is 0 Å². The first-order valence-corrected chi connectivity index (χ1v) is 6.77. The van der Waals surface area contributed by atoms with E-state index in [0.717, 1.165) is 0 Å². The van der Waals surface area contributed by atoms with Gasteiger partial charge >= 0.3 is 11.9 Å². The molecule has 0 spiro atoms. The van der Waals surface area contributed by atoms with E-state index >= 15 is 0 Å². The summed E-state index contributed by atoms with van der Waals surface area (Å²) in [6, 6.07) is 0. The van der Waals surface area contributed by atoms with E-state index in [1.165, 1.54) is 11.2 Å². The number of nitrogens with zero attached hydrogens (tertiary/aromatic N) is 2. The molecular formula is C13H17N3O5. The van der Waals surface area contributed by atoms with Gasteiger partial charge in [-0.2, -0.15) is 0 Å². The van der Waals surface area contributed by atoms with Crippen molar-refractivity contribution in [3.63, 3.8) is 0 Å². The second-order valence-electron chi connectivity index (χ2n) is 4.77. The Morgan fingerprint density at radius 3 is 2.95 bits per heavy atom. The molecule has 1 unspecified atom stereocenters. The predicted molar refractivity (Wildman–Crippen MR) is 70.8 cm³/mol. The maximum atomic E-state index is 12.3. The number of rotatable bonds is 4. The molecule has 8 heteroatoms. The van der Waals surface area contributed by atoms with Crippen LogP contribution in [0.5, 0.6) is 0 Å². The fourth-order valence-electron chi connectivity index (χ4n) is 2.38. The van der Waals surface area contributed by atoms with Crippen LogP contribution in [-0.2, 0) is 9.53 Å².